The van der Waals surface area contributed by atoms with Gasteiger partial charge in [-0.05, 0) is 46.8 Å². The Morgan fingerprint density at radius 3 is 2.07 bits per heavy atom. The Bertz CT molecular complexity index is 707. The molecule has 0 radical (unpaired) electrons. The molecule has 9 heteroatoms. The fourth-order valence-electron chi connectivity index (χ4n) is 2.74. The number of hydrogen-bond donors (Lipinski definition) is 1. The first-order valence-corrected chi connectivity index (χ1v) is 9.08. The summed E-state index contributed by atoms with van der Waals surface area (Å²) in [7, 11) is 0. The zero-order valence-corrected chi connectivity index (χ0v) is 16.8. The van der Waals surface area contributed by atoms with E-state index in [-0.39, 0.29) is 42.2 Å². The van der Waals surface area contributed by atoms with Gasteiger partial charge in [0.25, 0.3) is 17.5 Å². The number of nitrogens with one attached hydrogen (secondary N) is 1. The van der Waals surface area contributed by atoms with Gasteiger partial charge in [0, 0.05) is 36.3 Å². The maximum absolute atomic E-state index is 12.4. The Morgan fingerprint density at radius 1 is 1.07 bits per heavy atom. The number of hydrogen-bond acceptors (Lipinski definition) is 6. The van der Waals surface area contributed by atoms with Crippen molar-refractivity contribution in [3.63, 3.8) is 0 Å². The van der Waals surface area contributed by atoms with Gasteiger partial charge in [0.05, 0.1) is 11.3 Å². The molecule has 0 spiro atoms. The fourth-order valence-corrected chi connectivity index (χ4v) is 2.74. The lowest BCUT2D eigenvalue weighted by atomic mass is 10.2. The van der Waals surface area contributed by atoms with E-state index in [0.717, 1.165) is 0 Å². The molecule has 0 fully saturated rings. The highest BCUT2D eigenvalue weighted by molar-refractivity contribution is 5.94. The molecule has 0 aliphatic heterocycles. The van der Waals surface area contributed by atoms with Crippen molar-refractivity contribution in [2.24, 2.45) is 0 Å². The second-order valence-electron chi connectivity index (χ2n) is 6.87. The van der Waals surface area contributed by atoms with E-state index in [4.69, 9.17) is 4.74 Å². The van der Waals surface area contributed by atoms with E-state index in [1.165, 1.54) is 31.2 Å². The van der Waals surface area contributed by atoms with E-state index in [1.807, 2.05) is 27.7 Å². The van der Waals surface area contributed by atoms with Crippen LogP contribution in [0.2, 0.25) is 0 Å². The van der Waals surface area contributed by atoms with Crippen LogP contribution in [0, 0.1) is 10.1 Å². The Kier molecular flexibility index (Phi) is 8.56. The first-order chi connectivity index (χ1) is 13.0. The minimum absolute atomic E-state index is 0.0189. The molecule has 154 valence electrons. The van der Waals surface area contributed by atoms with Crippen LogP contribution in [0.15, 0.2) is 24.3 Å². The number of esters is 1. The molecule has 1 rings (SSSR count). The molecule has 1 aromatic rings. The SMILES string of the molecule is CC(C)N(C(=O)[C@@H](C)OC(=O)CCNC(=O)c1ccc([N+](=O)[O-])cc1)C(C)C. The number of benzene rings is 1. The second kappa shape index (κ2) is 10.4. The monoisotopic (exact) mass is 393 g/mol. The fraction of sp³-hybridized carbons (Fsp3) is 0.526. The van der Waals surface area contributed by atoms with Crippen LogP contribution in [0.3, 0.4) is 0 Å². The zero-order valence-electron chi connectivity index (χ0n) is 16.8. The lowest BCUT2D eigenvalue weighted by Crippen LogP contribution is -2.47. The molecule has 9 nitrogen and oxygen atoms in total. The van der Waals surface area contributed by atoms with Crippen molar-refractivity contribution >= 4 is 23.5 Å². The maximum Gasteiger partial charge on any atom is 0.308 e. The van der Waals surface area contributed by atoms with Crippen LogP contribution >= 0.6 is 0 Å². The van der Waals surface area contributed by atoms with Gasteiger partial charge in [0.1, 0.15) is 0 Å². The highest BCUT2D eigenvalue weighted by atomic mass is 16.6. The molecule has 1 aromatic carbocycles. The largest absolute Gasteiger partial charge is 0.452 e. The van der Waals surface area contributed by atoms with Gasteiger partial charge in [-0.15, -0.1) is 0 Å². The molecule has 0 saturated carbocycles. The number of nitrogens with zero attached hydrogens (tertiary/aromatic N) is 2. The summed E-state index contributed by atoms with van der Waals surface area (Å²) in [4.78, 5) is 48.1. The molecule has 2 amide bonds. The van der Waals surface area contributed by atoms with E-state index in [0.29, 0.717) is 0 Å². The first-order valence-electron chi connectivity index (χ1n) is 9.08. The number of non-ortho nitro benzene ring substituents is 1. The average Bonchev–Trinajstić information content (AvgIpc) is 2.60. The van der Waals surface area contributed by atoms with Crippen LogP contribution < -0.4 is 5.32 Å². The van der Waals surface area contributed by atoms with Gasteiger partial charge in [-0.3, -0.25) is 24.5 Å². The summed E-state index contributed by atoms with van der Waals surface area (Å²) in [5, 5.41) is 13.1. The minimum atomic E-state index is -0.914. The molecular formula is C19H27N3O6. The van der Waals surface area contributed by atoms with Crippen molar-refractivity contribution in [1.82, 2.24) is 10.2 Å². The molecule has 0 aromatic heterocycles. The number of nitro benzene ring substituents is 1. The van der Waals surface area contributed by atoms with Gasteiger partial charge in [-0.25, -0.2) is 0 Å². The second-order valence-corrected chi connectivity index (χ2v) is 6.87. The van der Waals surface area contributed by atoms with Gasteiger partial charge in [0.15, 0.2) is 6.10 Å². The van der Waals surface area contributed by atoms with Crippen LogP contribution in [0.4, 0.5) is 5.69 Å². The summed E-state index contributed by atoms with van der Waals surface area (Å²) in [6.45, 7) is 9.10. The molecule has 0 bridgehead atoms. The van der Waals surface area contributed by atoms with Gasteiger partial charge < -0.3 is 15.0 Å². The Balaban J connectivity index is 2.48. The van der Waals surface area contributed by atoms with E-state index < -0.39 is 22.9 Å². The van der Waals surface area contributed by atoms with Gasteiger partial charge >= 0.3 is 5.97 Å². The number of amides is 2. The molecule has 0 aliphatic rings. The summed E-state index contributed by atoms with van der Waals surface area (Å²) >= 11 is 0. The van der Waals surface area contributed by atoms with E-state index >= 15 is 0 Å². The number of carbonyl (C=O) groups is 3. The molecule has 1 atom stereocenters. The average molecular weight is 393 g/mol. The Morgan fingerprint density at radius 2 is 1.61 bits per heavy atom. The quantitative estimate of drug-likeness (QED) is 0.391. The summed E-state index contributed by atoms with van der Waals surface area (Å²) in [6.07, 6.45) is -1.01. The van der Waals surface area contributed by atoms with Crippen LogP contribution in [0.5, 0.6) is 0 Å². The standard InChI is InChI=1S/C19H27N3O6/c1-12(2)21(13(3)4)19(25)14(5)28-17(23)10-11-20-18(24)15-6-8-16(9-7-15)22(26)27/h6-9,12-14H,10-11H2,1-5H3,(H,20,24)/t14-/m1/s1. The summed E-state index contributed by atoms with van der Waals surface area (Å²) in [6, 6.07) is 5.08. The van der Waals surface area contributed by atoms with Crippen LogP contribution in [0.25, 0.3) is 0 Å². The Hall–Kier alpha value is -2.97. The number of nitro groups is 1. The van der Waals surface area contributed by atoms with Crippen molar-refractivity contribution in [3.05, 3.63) is 39.9 Å². The lowest BCUT2D eigenvalue weighted by Gasteiger charge is -2.32. The van der Waals surface area contributed by atoms with Crippen LogP contribution in [-0.2, 0) is 14.3 Å². The van der Waals surface area contributed by atoms with E-state index in [2.05, 4.69) is 5.32 Å². The third kappa shape index (κ3) is 6.64. The Labute approximate surface area is 164 Å². The third-order valence-electron chi connectivity index (χ3n) is 3.98. The maximum atomic E-state index is 12.4. The number of rotatable bonds is 9. The van der Waals surface area contributed by atoms with Crippen molar-refractivity contribution in [1.29, 1.82) is 0 Å². The normalized spacial score (nSPS) is 11.8. The highest BCUT2D eigenvalue weighted by Gasteiger charge is 2.27. The molecule has 0 unspecified atom stereocenters. The lowest BCUT2D eigenvalue weighted by molar-refractivity contribution is -0.384. The van der Waals surface area contributed by atoms with E-state index in [1.54, 1.807) is 4.90 Å². The summed E-state index contributed by atoms with van der Waals surface area (Å²) in [5.41, 5.74) is 0.127. The molecule has 0 heterocycles. The molecule has 28 heavy (non-hydrogen) atoms. The third-order valence-corrected chi connectivity index (χ3v) is 3.98. The van der Waals surface area contributed by atoms with E-state index in [9.17, 15) is 24.5 Å². The van der Waals surface area contributed by atoms with Crippen molar-refractivity contribution < 1.29 is 24.0 Å². The molecule has 0 saturated heterocycles. The molecular weight excluding hydrogens is 366 g/mol. The first kappa shape index (κ1) is 23.1. The smallest absolute Gasteiger partial charge is 0.308 e. The van der Waals surface area contributed by atoms with Gasteiger partial charge in [-0.1, -0.05) is 0 Å². The van der Waals surface area contributed by atoms with Crippen molar-refractivity contribution in [3.8, 4) is 0 Å². The van der Waals surface area contributed by atoms with Crippen LogP contribution in [-0.4, -0.2) is 52.3 Å². The van der Waals surface area contributed by atoms with Gasteiger partial charge in [0.2, 0.25) is 0 Å². The number of ether oxygens (including phenoxy) is 1. The topological polar surface area (TPSA) is 119 Å². The highest BCUT2D eigenvalue weighted by Crippen LogP contribution is 2.12. The predicted octanol–water partition coefficient (Wildman–Crippen LogP) is 2.29. The summed E-state index contributed by atoms with van der Waals surface area (Å²) in [5.74, 6) is -1.33. The minimum Gasteiger partial charge on any atom is -0.452 e. The molecule has 1 N–H and O–H groups in total. The van der Waals surface area contributed by atoms with Gasteiger partial charge in [-0.2, -0.15) is 0 Å². The predicted molar refractivity (Wildman–Crippen MR) is 103 cm³/mol. The summed E-state index contributed by atoms with van der Waals surface area (Å²) < 4.78 is 5.17. The van der Waals surface area contributed by atoms with Crippen molar-refractivity contribution in [2.75, 3.05) is 6.54 Å². The zero-order chi connectivity index (χ0) is 21.4. The van der Waals surface area contributed by atoms with Crippen molar-refractivity contribution in [2.45, 2.75) is 59.2 Å². The molecule has 0 aliphatic carbocycles. The van der Waals surface area contributed by atoms with Crippen LogP contribution in [0.1, 0.15) is 51.4 Å². The number of carbonyl (C=O) groups excluding carboxylic acids is 3.